The largest absolute Gasteiger partial charge is 0.348 e. The fourth-order valence-electron chi connectivity index (χ4n) is 3.12. The smallest absolute Gasteiger partial charge is 0.270 e. The highest BCUT2D eigenvalue weighted by Gasteiger charge is 2.23. The molecule has 7 nitrogen and oxygen atoms in total. The SMILES string of the molecule is Cc1cc(C(=O)NC2CCC(NCCF)CC2)nc(-n2ccnc2)n1. The van der Waals surface area contributed by atoms with Crippen LogP contribution in [-0.4, -0.2) is 50.7 Å². The Balaban J connectivity index is 1.60. The number of nitrogens with one attached hydrogen (secondary N) is 2. The highest BCUT2D eigenvalue weighted by Crippen LogP contribution is 2.19. The number of amides is 1. The van der Waals surface area contributed by atoms with Gasteiger partial charge in [-0.05, 0) is 38.7 Å². The van der Waals surface area contributed by atoms with Crippen molar-refractivity contribution in [3.05, 3.63) is 36.2 Å². The first-order valence-electron chi connectivity index (χ1n) is 8.60. The van der Waals surface area contributed by atoms with Gasteiger partial charge in [0.15, 0.2) is 0 Å². The summed E-state index contributed by atoms with van der Waals surface area (Å²) >= 11 is 0. The normalized spacial score (nSPS) is 20.4. The van der Waals surface area contributed by atoms with Gasteiger partial charge in [-0.2, -0.15) is 0 Å². The van der Waals surface area contributed by atoms with Crippen LogP contribution in [0, 0.1) is 6.92 Å². The molecule has 0 radical (unpaired) electrons. The number of aromatic nitrogens is 4. The van der Waals surface area contributed by atoms with Gasteiger partial charge >= 0.3 is 0 Å². The predicted octanol–water partition coefficient (Wildman–Crippen LogP) is 1.57. The molecule has 2 aromatic heterocycles. The van der Waals surface area contributed by atoms with E-state index in [1.807, 2.05) is 6.92 Å². The van der Waals surface area contributed by atoms with Crippen LogP contribution < -0.4 is 10.6 Å². The summed E-state index contributed by atoms with van der Waals surface area (Å²) < 4.78 is 13.9. The lowest BCUT2D eigenvalue weighted by atomic mass is 9.91. The topological polar surface area (TPSA) is 84.7 Å². The Bertz CT molecular complexity index is 697. The zero-order chi connectivity index (χ0) is 17.6. The Hall–Kier alpha value is -2.35. The quantitative estimate of drug-likeness (QED) is 0.829. The van der Waals surface area contributed by atoms with E-state index in [0.717, 1.165) is 31.4 Å². The summed E-state index contributed by atoms with van der Waals surface area (Å²) in [4.78, 5) is 25.2. The average Bonchev–Trinajstić information content (AvgIpc) is 3.15. The van der Waals surface area contributed by atoms with E-state index in [0.29, 0.717) is 24.2 Å². The van der Waals surface area contributed by atoms with Crippen molar-refractivity contribution in [2.75, 3.05) is 13.2 Å². The van der Waals surface area contributed by atoms with Gasteiger partial charge in [-0.3, -0.25) is 9.36 Å². The maximum atomic E-state index is 12.5. The first-order valence-corrected chi connectivity index (χ1v) is 8.60. The molecule has 0 aliphatic heterocycles. The van der Waals surface area contributed by atoms with Crippen LogP contribution in [0.15, 0.2) is 24.8 Å². The van der Waals surface area contributed by atoms with Gasteiger partial charge in [0.1, 0.15) is 18.7 Å². The number of alkyl halides is 1. The third-order valence-corrected chi connectivity index (χ3v) is 4.40. The second-order valence-electron chi connectivity index (χ2n) is 6.33. The third kappa shape index (κ3) is 4.60. The summed E-state index contributed by atoms with van der Waals surface area (Å²) in [5, 5.41) is 6.25. The Morgan fingerprint density at radius 1 is 1.28 bits per heavy atom. The first-order chi connectivity index (χ1) is 12.2. The van der Waals surface area contributed by atoms with Crippen LogP contribution >= 0.6 is 0 Å². The van der Waals surface area contributed by atoms with Crippen LogP contribution in [0.4, 0.5) is 4.39 Å². The lowest BCUT2D eigenvalue weighted by Gasteiger charge is -2.29. The number of hydrogen-bond acceptors (Lipinski definition) is 5. The number of hydrogen-bond donors (Lipinski definition) is 2. The number of rotatable bonds is 6. The summed E-state index contributed by atoms with van der Waals surface area (Å²) in [6, 6.07) is 2.16. The lowest BCUT2D eigenvalue weighted by Crippen LogP contribution is -2.42. The van der Waals surface area contributed by atoms with Crippen molar-refractivity contribution in [1.82, 2.24) is 30.2 Å². The van der Waals surface area contributed by atoms with Crippen LogP contribution in [0.2, 0.25) is 0 Å². The summed E-state index contributed by atoms with van der Waals surface area (Å²) in [7, 11) is 0. The van der Waals surface area contributed by atoms with Crippen molar-refractivity contribution >= 4 is 5.91 Å². The number of carbonyl (C=O) groups excluding carboxylic acids is 1. The molecule has 1 amide bonds. The molecule has 1 aliphatic carbocycles. The van der Waals surface area contributed by atoms with Gasteiger partial charge in [0, 0.05) is 36.7 Å². The van der Waals surface area contributed by atoms with Crippen molar-refractivity contribution in [2.24, 2.45) is 0 Å². The van der Waals surface area contributed by atoms with E-state index in [1.54, 1.807) is 29.4 Å². The Morgan fingerprint density at radius 2 is 2.04 bits per heavy atom. The second kappa shape index (κ2) is 8.15. The monoisotopic (exact) mass is 346 g/mol. The minimum Gasteiger partial charge on any atom is -0.348 e. The molecule has 2 aromatic rings. The Morgan fingerprint density at radius 3 is 2.72 bits per heavy atom. The molecule has 25 heavy (non-hydrogen) atoms. The minimum atomic E-state index is -0.344. The number of nitrogens with zero attached hydrogens (tertiary/aromatic N) is 4. The molecule has 0 spiro atoms. The van der Waals surface area contributed by atoms with Gasteiger partial charge in [-0.15, -0.1) is 0 Å². The van der Waals surface area contributed by atoms with Crippen molar-refractivity contribution in [3.63, 3.8) is 0 Å². The van der Waals surface area contributed by atoms with Crippen molar-refractivity contribution < 1.29 is 9.18 Å². The van der Waals surface area contributed by atoms with Crippen LogP contribution in [0.3, 0.4) is 0 Å². The summed E-state index contributed by atoms with van der Waals surface area (Å²) in [5.74, 6) is 0.244. The van der Waals surface area contributed by atoms with E-state index in [9.17, 15) is 9.18 Å². The third-order valence-electron chi connectivity index (χ3n) is 4.40. The van der Waals surface area contributed by atoms with Gasteiger partial charge in [-0.25, -0.2) is 19.3 Å². The van der Waals surface area contributed by atoms with Gasteiger partial charge in [0.2, 0.25) is 5.95 Å². The predicted molar refractivity (Wildman–Crippen MR) is 91.4 cm³/mol. The average molecular weight is 346 g/mol. The van der Waals surface area contributed by atoms with Crippen molar-refractivity contribution in [3.8, 4) is 5.95 Å². The second-order valence-corrected chi connectivity index (χ2v) is 6.33. The molecule has 1 saturated carbocycles. The molecule has 8 heteroatoms. The van der Waals surface area contributed by atoms with E-state index in [4.69, 9.17) is 0 Å². The number of aryl methyl sites for hydroxylation is 1. The maximum absolute atomic E-state index is 12.5. The molecular formula is C17H23FN6O. The van der Waals surface area contributed by atoms with E-state index in [-0.39, 0.29) is 18.6 Å². The number of halogens is 1. The fourth-order valence-corrected chi connectivity index (χ4v) is 3.12. The van der Waals surface area contributed by atoms with Gasteiger partial charge in [0.25, 0.3) is 5.91 Å². The van der Waals surface area contributed by atoms with E-state index in [1.165, 1.54) is 0 Å². The van der Waals surface area contributed by atoms with E-state index < -0.39 is 0 Å². The van der Waals surface area contributed by atoms with Gasteiger partial charge in [-0.1, -0.05) is 0 Å². The standard InChI is InChI=1S/C17H23FN6O/c1-12-10-15(23-17(21-12)24-9-8-19-11-24)16(25)22-14-4-2-13(3-5-14)20-7-6-18/h8-11,13-14,20H,2-7H2,1H3,(H,22,25). The lowest BCUT2D eigenvalue weighted by molar-refractivity contribution is 0.0918. The fraction of sp³-hybridized carbons (Fsp3) is 0.529. The number of carbonyl (C=O) groups is 1. The molecule has 0 unspecified atom stereocenters. The summed E-state index contributed by atoms with van der Waals surface area (Å²) in [6.45, 7) is 1.89. The van der Waals surface area contributed by atoms with Crippen LogP contribution in [0.1, 0.15) is 41.9 Å². The Kier molecular flexibility index (Phi) is 5.70. The molecule has 3 rings (SSSR count). The molecule has 0 atom stereocenters. The van der Waals surface area contributed by atoms with Crippen LogP contribution in [0.25, 0.3) is 5.95 Å². The van der Waals surface area contributed by atoms with E-state index in [2.05, 4.69) is 25.6 Å². The first kappa shape index (κ1) is 17.5. The van der Waals surface area contributed by atoms with Crippen LogP contribution in [0.5, 0.6) is 0 Å². The van der Waals surface area contributed by atoms with Crippen molar-refractivity contribution in [1.29, 1.82) is 0 Å². The van der Waals surface area contributed by atoms with Gasteiger partial charge in [0.05, 0.1) is 0 Å². The zero-order valence-corrected chi connectivity index (χ0v) is 14.3. The molecule has 134 valence electrons. The minimum absolute atomic E-state index is 0.128. The highest BCUT2D eigenvalue weighted by molar-refractivity contribution is 5.92. The number of imidazole rings is 1. The van der Waals surface area contributed by atoms with Crippen molar-refractivity contribution in [2.45, 2.75) is 44.7 Å². The van der Waals surface area contributed by atoms with E-state index >= 15 is 0 Å². The molecule has 0 bridgehead atoms. The Labute approximate surface area is 146 Å². The van der Waals surface area contributed by atoms with Crippen LogP contribution in [-0.2, 0) is 0 Å². The molecule has 2 heterocycles. The molecule has 2 N–H and O–H groups in total. The van der Waals surface area contributed by atoms with Gasteiger partial charge < -0.3 is 10.6 Å². The molecule has 1 fully saturated rings. The maximum Gasteiger partial charge on any atom is 0.270 e. The molecular weight excluding hydrogens is 323 g/mol. The summed E-state index contributed by atoms with van der Waals surface area (Å²) in [6.07, 6.45) is 8.62. The highest BCUT2D eigenvalue weighted by atomic mass is 19.1. The molecule has 0 aromatic carbocycles. The zero-order valence-electron chi connectivity index (χ0n) is 14.3. The molecule has 0 saturated heterocycles. The summed E-state index contributed by atoms with van der Waals surface area (Å²) in [5.41, 5.74) is 1.08. The molecule has 1 aliphatic rings.